The van der Waals surface area contributed by atoms with E-state index in [-0.39, 0.29) is 11.5 Å². The van der Waals surface area contributed by atoms with Gasteiger partial charge in [-0.2, -0.15) is 0 Å². The number of amides is 1. The van der Waals surface area contributed by atoms with E-state index in [0.717, 1.165) is 16.6 Å². The summed E-state index contributed by atoms with van der Waals surface area (Å²) in [5.74, 6) is 0.0155. The molecular weight excluding hydrogens is 509 g/mol. The summed E-state index contributed by atoms with van der Waals surface area (Å²) >= 11 is 19.6. The van der Waals surface area contributed by atoms with Gasteiger partial charge in [-0.15, -0.1) is 0 Å². The van der Waals surface area contributed by atoms with Gasteiger partial charge in [-0.3, -0.25) is 14.3 Å². The normalized spacial score (nSPS) is 14.4. The number of carbonyl (C=O) groups is 1. The van der Waals surface area contributed by atoms with Crippen molar-refractivity contribution in [1.82, 2.24) is 14.5 Å². The van der Waals surface area contributed by atoms with E-state index in [1.165, 1.54) is 15.5 Å². The minimum Gasteiger partial charge on any atom is -0.465 e. The van der Waals surface area contributed by atoms with Crippen LogP contribution in [0.1, 0.15) is 24.5 Å². The minimum absolute atomic E-state index is 0.0155. The standard InChI is InChI=1S/C26H20Cl3N3O3/c27-18-5-2-1-4-16(18)24-17-8-9-23(33)32(25-19(28)6-3-7-20(25)29)22(17)14-21(30-24)15-10-12-31(13-11-15)26(34)35/h1-9,14-15H,10-13H2,(H,34,35). The van der Waals surface area contributed by atoms with Crippen molar-refractivity contribution in [2.75, 3.05) is 13.1 Å². The Balaban J connectivity index is 1.79. The summed E-state index contributed by atoms with van der Waals surface area (Å²) in [6.07, 6.45) is 0.321. The van der Waals surface area contributed by atoms with Gasteiger partial charge in [0.25, 0.3) is 5.56 Å². The molecule has 1 amide bonds. The molecule has 1 aliphatic heterocycles. The smallest absolute Gasteiger partial charge is 0.407 e. The lowest BCUT2D eigenvalue weighted by Crippen LogP contribution is -2.37. The number of hydrogen-bond acceptors (Lipinski definition) is 3. The molecule has 5 rings (SSSR count). The number of piperidine rings is 1. The highest BCUT2D eigenvalue weighted by Crippen LogP contribution is 2.37. The highest BCUT2D eigenvalue weighted by molar-refractivity contribution is 6.38. The number of rotatable bonds is 3. The van der Waals surface area contributed by atoms with Gasteiger partial charge in [0, 0.05) is 46.7 Å². The Bertz CT molecular complexity index is 1490. The van der Waals surface area contributed by atoms with E-state index in [2.05, 4.69) is 0 Å². The minimum atomic E-state index is -0.922. The first-order valence-electron chi connectivity index (χ1n) is 11.1. The van der Waals surface area contributed by atoms with Gasteiger partial charge < -0.3 is 10.0 Å². The predicted octanol–water partition coefficient (Wildman–Crippen LogP) is 6.87. The maximum atomic E-state index is 13.2. The number of nitrogens with zero attached hydrogens (tertiary/aromatic N) is 3. The molecule has 2 aromatic heterocycles. The summed E-state index contributed by atoms with van der Waals surface area (Å²) in [5, 5.41) is 11.3. The van der Waals surface area contributed by atoms with Crippen molar-refractivity contribution in [3.05, 3.63) is 91.8 Å². The molecule has 2 aromatic carbocycles. The number of halogens is 3. The number of benzene rings is 2. The molecule has 35 heavy (non-hydrogen) atoms. The first-order chi connectivity index (χ1) is 16.8. The second-order valence-electron chi connectivity index (χ2n) is 8.43. The maximum absolute atomic E-state index is 13.2. The lowest BCUT2D eigenvalue weighted by atomic mass is 9.92. The Kier molecular flexibility index (Phi) is 6.45. The fourth-order valence-electron chi connectivity index (χ4n) is 4.63. The van der Waals surface area contributed by atoms with E-state index in [1.807, 2.05) is 24.3 Å². The van der Waals surface area contributed by atoms with Crippen molar-refractivity contribution in [3.63, 3.8) is 0 Å². The molecule has 0 aliphatic carbocycles. The summed E-state index contributed by atoms with van der Waals surface area (Å²) in [6, 6.07) is 17.6. The molecule has 9 heteroatoms. The van der Waals surface area contributed by atoms with Crippen LogP contribution in [0.4, 0.5) is 4.79 Å². The third-order valence-electron chi connectivity index (χ3n) is 6.38. The molecule has 178 valence electrons. The zero-order valence-electron chi connectivity index (χ0n) is 18.4. The predicted molar refractivity (Wildman–Crippen MR) is 139 cm³/mol. The van der Waals surface area contributed by atoms with Gasteiger partial charge in [0.2, 0.25) is 0 Å². The van der Waals surface area contributed by atoms with E-state index in [9.17, 15) is 14.7 Å². The van der Waals surface area contributed by atoms with Crippen molar-refractivity contribution < 1.29 is 9.90 Å². The molecule has 0 unspecified atom stereocenters. The molecule has 3 heterocycles. The Morgan fingerprint density at radius 1 is 0.914 bits per heavy atom. The summed E-state index contributed by atoms with van der Waals surface area (Å²) in [4.78, 5) is 31.0. The maximum Gasteiger partial charge on any atom is 0.407 e. The molecule has 0 saturated carbocycles. The second-order valence-corrected chi connectivity index (χ2v) is 9.65. The van der Waals surface area contributed by atoms with Crippen molar-refractivity contribution in [2.24, 2.45) is 0 Å². The summed E-state index contributed by atoms with van der Waals surface area (Å²) in [7, 11) is 0. The Hall–Kier alpha value is -3.06. The molecule has 0 atom stereocenters. The zero-order valence-corrected chi connectivity index (χ0v) is 20.7. The van der Waals surface area contributed by atoms with Gasteiger partial charge >= 0.3 is 6.09 Å². The number of fused-ring (bicyclic) bond motifs is 1. The van der Waals surface area contributed by atoms with Gasteiger partial charge in [-0.05, 0) is 43.2 Å². The van der Waals surface area contributed by atoms with E-state index in [4.69, 9.17) is 39.8 Å². The molecule has 1 saturated heterocycles. The Morgan fingerprint density at radius 3 is 2.23 bits per heavy atom. The van der Waals surface area contributed by atoms with Crippen molar-refractivity contribution in [2.45, 2.75) is 18.8 Å². The van der Waals surface area contributed by atoms with Crippen molar-refractivity contribution in [3.8, 4) is 16.9 Å². The van der Waals surface area contributed by atoms with E-state index >= 15 is 0 Å². The van der Waals surface area contributed by atoms with Crippen LogP contribution in [0.3, 0.4) is 0 Å². The first kappa shape index (κ1) is 23.7. The average Bonchev–Trinajstić information content (AvgIpc) is 2.85. The fraction of sp³-hybridized carbons (Fsp3) is 0.192. The third kappa shape index (κ3) is 4.38. The van der Waals surface area contributed by atoms with Crippen molar-refractivity contribution >= 4 is 51.8 Å². The van der Waals surface area contributed by atoms with Crippen LogP contribution >= 0.6 is 34.8 Å². The van der Waals surface area contributed by atoms with Gasteiger partial charge in [0.05, 0.1) is 26.9 Å². The molecule has 6 nitrogen and oxygen atoms in total. The molecule has 1 fully saturated rings. The molecule has 0 bridgehead atoms. The quantitative estimate of drug-likeness (QED) is 0.315. The molecule has 0 spiro atoms. The number of hydrogen-bond donors (Lipinski definition) is 1. The topological polar surface area (TPSA) is 75.4 Å². The van der Waals surface area contributed by atoms with Gasteiger partial charge in [0.1, 0.15) is 0 Å². The largest absolute Gasteiger partial charge is 0.465 e. The Morgan fingerprint density at radius 2 is 1.57 bits per heavy atom. The van der Waals surface area contributed by atoms with Gasteiger partial charge in [-0.1, -0.05) is 59.1 Å². The SMILES string of the molecule is O=C(O)N1CCC(c2cc3c(ccc(=O)n3-c3c(Cl)cccc3Cl)c(-c3ccccc3Cl)n2)CC1. The van der Waals surface area contributed by atoms with Gasteiger partial charge in [-0.25, -0.2) is 4.79 Å². The summed E-state index contributed by atoms with van der Waals surface area (Å²) in [5.41, 5.74) is 2.86. The summed E-state index contributed by atoms with van der Waals surface area (Å²) < 4.78 is 1.51. The van der Waals surface area contributed by atoms with Crippen LogP contribution in [0.25, 0.3) is 27.8 Å². The number of carboxylic acid groups (broad SMARTS) is 1. The van der Waals surface area contributed by atoms with Crippen LogP contribution in [0.15, 0.2) is 65.5 Å². The average molecular weight is 529 g/mol. The van der Waals surface area contributed by atoms with Crippen LogP contribution in [0, 0.1) is 0 Å². The second kappa shape index (κ2) is 9.53. The van der Waals surface area contributed by atoms with Crippen LogP contribution in [-0.2, 0) is 0 Å². The Labute approximate surface area is 216 Å². The lowest BCUT2D eigenvalue weighted by Gasteiger charge is -2.30. The van der Waals surface area contributed by atoms with E-state index in [1.54, 1.807) is 30.3 Å². The molecule has 1 N–H and O–H groups in total. The molecular formula is C26H20Cl3N3O3. The number of para-hydroxylation sites is 1. The van der Waals surface area contributed by atoms with Crippen molar-refractivity contribution in [1.29, 1.82) is 0 Å². The van der Waals surface area contributed by atoms with Crippen LogP contribution in [-0.4, -0.2) is 38.7 Å². The van der Waals surface area contributed by atoms with E-state index < -0.39 is 6.09 Å². The number of likely N-dealkylation sites (tertiary alicyclic amines) is 1. The third-order valence-corrected chi connectivity index (χ3v) is 7.32. The highest BCUT2D eigenvalue weighted by Gasteiger charge is 2.26. The monoisotopic (exact) mass is 527 g/mol. The lowest BCUT2D eigenvalue weighted by molar-refractivity contribution is 0.131. The number of pyridine rings is 2. The molecule has 1 aliphatic rings. The summed E-state index contributed by atoms with van der Waals surface area (Å²) in [6.45, 7) is 0.832. The van der Waals surface area contributed by atoms with Crippen LogP contribution in [0.2, 0.25) is 15.1 Å². The fourth-order valence-corrected chi connectivity index (χ4v) is 5.42. The van der Waals surface area contributed by atoms with Gasteiger partial charge in [0.15, 0.2) is 0 Å². The molecule has 0 radical (unpaired) electrons. The first-order valence-corrected chi connectivity index (χ1v) is 12.2. The molecule has 4 aromatic rings. The number of aromatic nitrogens is 2. The zero-order chi connectivity index (χ0) is 24.7. The van der Waals surface area contributed by atoms with Crippen LogP contribution in [0.5, 0.6) is 0 Å². The van der Waals surface area contributed by atoms with E-state index in [0.29, 0.717) is 57.9 Å². The highest BCUT2D eigenvalue weighted by atomic mass is 35.5. The van der Waals surface area contributed by atoms with Crippen LogP contribution < -0.4 is 5.56 Å².